The zero-order chi connectivity index (χ0) is 14.9. The molecule has 0 unspecified atom stereocenters. The van der Waals surface area contributed by atoms with E-state index in [0.29, 0.717) is 17.7 Å². The summed E-state index contributed by atoms with van der Waals surface area (Å²) in [5, 5.41) is 11.0. The summed E-state index contributed by atoms with van der Waals surface area (Å²) in [4.78, 5) is 28.1. The van der Waals surface area contributed by atoms with Crippen molar-refractivity contribution in [3.63, 3.8) is 0 Å². The minimum Gasteiger partial charge on any atom is -0.390 e. The number of fused-ring (bicyclic) bond motifs is 1. The number of aliphatic hydroxyl groups is 1. The summed E-state index contributed by atoms with van der Waals surface area (Å²) >= 11 is 0. The van der Waals surface area contributed by atoms with Gasteiger partial charge in [-0.05, 0) is 6.92 Å². The second-order valence-electron chi connectivity index (χ2n) is 5.00. The molecule has 0 radical (unpaired) electrons. The number of aliphatic hydroxyl groups excluding tert-OH is 1. The van der Waals surface area contributed by atoms with Crippen LogP contribution in [0.5, 0.6) is 0 Å². The van der Waals surface area contributed by atoms with Gasteiger partial charge in [0.2, 0.25) is 0 Å². The van der Waals surface area contributed by atoms with Gasteiger partial charge in [0.15, 0.2) is 11.2 Å². The van der Waals surface area contributed by atoms with Gasteiger partial charge in [-0.1, -0.05) is 0 Å². The van der Waals surface area contributed by atoms with Crippen molar-refractivity contribution in [3.05, 3.63) is 27.2 Å². The highest BCUT2D eigenvalue weighted by Gasteiger charge is 2.14. The third-order valence-electron chi connectivity index (χ3n) is 3.44. The fraction of sp³-hybridized carbons (Fsp3) is 0.583. The Labute approximate surface area is 115 Å². The Morgan fingerprint density at radius 2 is 2.05 bits per heavy atom. The maximum Gasteiger partial charge on any atom is 0.332 e. The predicted octanol–water partition coefficient (Wildman–Crippen LogP) is -2.62. The number of hydrogen-bond donors (Lipinski definition) is 2. The van der Waals surface area contributed by atoms with Gasteiger partial charge in [-0.25, -0.2) is 9.78 Å². The lowest BCUT2D eigenvalue weighted by molar-refractivity contribution is -0.688. The van der Waals surface area contributed by atoms with Crippen molar-refractivity contribution in [1.29, 1.82) is 0 Å². The SMILES string of the molecule is C[C@H](CO)[NH2+]CCn1cnc2c1c(=O)n(C)c(=O)n2C. The molecule has 3 N–H and O–H groups in total. The zero-order valence-electron chi connectivity index (χ0n) is 11.9. The Hall–Kier alpha value is -1.93. The molecule has 0 aliphatic heterocycles. The maximum atomic E-state index is 12.2. The third-order valence-corrected chi connectivity index (χ3v) is 3.44. The molecular formula is C12H20N5O3+. The lowest BCUT2D eigenvalue weighted by atomic mass is 10.3. The van der Waals surface area contributed by atoms with Crippen molar-refractivity contribution in [3.8, 4) is 0 Å². The minimum atomic E-state index is -0.381. The van der Waals surface area contributed by atoms with Crippen LogP contribution in [0, 0.1) is 0 Å². The van der Waals surface area contributed by atoms with Crippen molar-refractivity contribution in [1.82, 2.24) is 18.7 Å². The fourth-order valence-electron chi connectivity index (χ4n) is 2.14. The summed E-state index contributed by atoms with van der Waals surface area (Å²) in [6.45, 7) is 3.35. The van der Waals surface area contributed by atoms with E-state index in [2.05, 4.69) is 4.98 Å². The molecule has 0 fully saturated rings. The highest BCUT2D eigenvalue weighted by molar-refractivity contribution is 5.69. The highest BCUT2D eigenvalue weighted by Crippen LogP contribution is 2.04. The smallest absolute Gasteiger partial charge is 0.332 e. The zero-order valence-corrected chi connectivity index (χ0v) is 11.9. The summed E-state index contributed by atoms with van der Waals surface area (Å²) in [6.07, 6.45) is 1.57. The molecule has 0 spiro atoms. The van der Waals surface area contributed by atoms with Crippen molar-refractivity contribution >= 4 is 11.2 Å². The van der Waals surface area contributed by atoms with E-state index in [1.54, 1.807) is 17.9 Å². The van der Waals surface area contributed by atoms with Crippen LogP contribution in [0.3, 0.4) is 0 Å². The highest BCUT2D eigenvalue weighted by atomic mass is 16.3. The summed E-state index contributed by atoms with van der Waals surface area (Å²) in [7, 11) is 3.06. The number of nitrogens with zero attached hydrogens (tertiary/aromatic N) is 4. The monoisotopic (exact) mass is 282 g/mol. The number of aryl methyl sites for hydroxylation is 1. The van der Waals surface area contributed by atoms with Gasteiger partial charge in [-0.15, -0.1) is 0 Å². The van der Waals surface area contributed by atoms with E-state index in [1.165, 1.54) is 11.6 Å². The van der Waals surface area contributed by atoms with Crippen LogP contribution < -0.4 is 16.6 Å². The maximum absolute atomic E-state index is 12.2. The molecule has 20 heavy (non-hydrogen) atoms. The molecule has 2 aromatic rings. The summed E-state index contributed by atoms with van der Waals surface area (Å²) < 4.78 is 4.20. The number of hydrogen-bond acceptors (Lipinski definition) is 4. The van der Waals surface area contributed by atoms with Gasteiger partial charge in [0.25, 0.3) is 5.56 Å². The van der Waals surface area contributed by atoms with E-state index < -0.39 is 0 Å². The normalized spacial score (nSPS) is 13.0. The van der Waals surface area contributed by atoms with E-state index in [9.17, 15) is 9.59 Å². The molecular weight excluding hydrogens is 262 g/mol. The number of imidazole rings is 1. The first-order valence-corrected chi connectivity index (χ1v) is 6.52. The van der Waals surface area contributed by atoms with Crippen molar-refractivity contribution in [2.45, 2.75) is 19.5 Å². The lowest BCUT2D eigenvalue weighted by Gasteiger charge is -2.09. The molecule has 8 nitrogen and oxygen atoms in total. The molecule has 0 bridgehead atoms. The van der Waals surface area contributed by atoms with Crippen LogP contribution in [0.25, 0.3) is 11.2 Å². The molecule has 0 saturated carbocycles. The van der Waals surface area contributed by atoms with Crippen molar-refractivity contribution in [2.24, 2.45) is 14.1 Å². The first kappa shape index (κ1) is 14.5. The average molecular weight is 282 g/mol. The molecule has 8 heteroatoms. The molecule has 0 amide bonds. The number of rotatable bonds is 5. The van der Waals surface area contributed by atoms with Crippen LogP contribution in [0.4, 0.5) is 0 Å². The molecule has 0 aliphatic carbocycles. The van der Waals surface area contributed by atoms with Gasteiger partial charge in [-0.2, -0.15) is 0 Å². The van der Waals surface area contributed by atoms with E-state index in [-0.39, 0.29) is 23.9 Å². The van der Waals surface area contributed by atoms with Crippen LogP contribution in [0.2, 0.25) is 0 Å². The van der Waals surface area contributed by atoms with Gasteiger partial charge >= 0.3 is 5.69 Å². The van der Waals surface area contributed by atoms with E-state index in [0.717, 1.165) is 11.1 Å². The molecule has 2 aromatic heterocycles. The fourth-order valence-corrected chi connectivity index (χ4v) is 2.14. The third kappa shape index (κ3) is 2.39. The summed E-state index contributed by atoms with van der Waals surface area (Å²) in [6, 6.07) is 0.122. The van der Waals surface area contributed by atoms with E-state index in [4.69, 9.17) is 5.11 Å². The van der Waals surface area contributed by atoms with E-state index >= 15 is 0 Å². The Bertz CT molecular complexity index is 727. The first-order valence-electron chi connectivity index (χ1n) is 6.52. The second kappa shape index (κ2) is 5.59. The van der Waals surface area contributed by atoms with Crippen LogP contribution in [-0.2, 0) is 20.6 Å². The summed E-state index contributed by atoms with van der Waals surface area (Å²) in [5.74, 6) is 0. The van der Waals surface area contributed by atoms with Gasteiger partial charge in [0.05, 0.1) is 26.0 Å². The topological polar surface area (TPSA) is 98.7 Å². The van der Waals surface area contributed by atoms with Crippen LogP contribution in [0.1, 0.15) is 6.92 Å². The standard InChI is InChI=1S/C12H19N5O3/c1-8(6-18)13-4-5-17-7-14-10-9(17)11(19)16(3)12(20)15(10)2/h7-8,13,18H,4-6H2,1-3H3/p+1/t8-/m1/s1. The average Bonchev–Trinajstić information content (AvgIpc) is 2.86. The largest absolute Gasteiger partial charge is 0.390 e. The lowest BCUT2D eigenvalue weighted by Crippen LogP contribution is -2.90. The predicted molar refractivity (Wildman–Crippen MR) is 73.6 cm³/mol. The van der Waals surface area contributed by atoms with Gasteiger partial charge < -0.3 is 15.0 Å². The Kier molecular flexibility index (Phi) is 4.05. The molecule has 0 aliphatic rings. The van der Waals surface area contributed by atoms with Gasteiger partial charge in [0, 0.05) is 14.1 Å². The minimum absolute atomic E-state index is 0.112. The Morgan fingerprint density at radius 3 is 2.70 bits per heavy atom. The first-order chi connectivity index (χ1) is 9.47. The Balaban J connectivity index is 2.37. The number of aromatic nitrogens is 4. The number of nitrogens with two attached hydrogens (primary N) is 1. The van der Waals surface area contributed by atoms with Crippen LogP contribution in [-0.4, -0.2) is 43.0 Å². The molecule has 2 heterocycles. The molecule has 2 rings (SSSR count). The van der Waals surface area contributed by atoms with E-state index in [1.807, 2.05) is 12.2 Å². The number of quaternary nitrogens is 1. The molecule has 0 aromatic carbocycles. The van der Waals surface area contributed by atoms with Gasteiger partial charge in [0.1, 0.15) is 6.04 Å². The molecule has 110 valence electrons. The van der Waals surface area contributed by atoms with Crippen LogP contribution >= 0.6 is 0 Å². The van der Waals surface area contributed by atoms with Gasteiger partial charge in [-0.3, -0.25) is 13.9 Å². The second-order valence-corrected chi connectivity index (χ2v) is 5.00. The Morgan fingerprint density at radius 1 is 1.35 bits per heavy atom. The van der Waals surface area contributed by atoms with Crippen molar-refractivity contribution in [2.75, 3.05) is 13.2 Å². The summed E-state index contributed by atoms with van der Waals surface area (Å²) in [5.41, 5.74) is 0.108. The van der Waals surface area contributed by atoms with Crippen LogP contribution in [0.15, 0.2) is 15.9 Å². The molecule has 1 atom stereocenters. The molecule has 0 saturated heterocycles. The van der Waals surface area contributed by atoms with Crippen molar-refractivity contribution < 1.29 is 10.4 Å². The quantitative estimate of drug-likeness (QED) is 0.627.